The molecule has 3 rings (SSSR count). The second-order valence-corrected chi connectivity index (χ2v) is 6.46. The zero-order valence-electron chi connectivity index (χ0n) is 14.5. The molecule has 3 N–H and O–H groups in total. The van der Waals surface area contributed by atoms with E-state index in [0.717, 1.165) is 5.56 Å². The Balaban J connectivity index is 1.70. The van der Waals surface area contributed by atoms with E-state index >= 15 is 0 Å². The highest BCUT2D eigenvalue weighted by Gasteiger charge is 2.37. The second kappa shape index (κ2) is 7.39. The molecule has 0 aromatic heterocycles. The predicted molar refractivity (Wildman–Crippen MR) is 98.6 cm³/mol. The van der Waals surface area contributed by atoms with Crippen LogP contribution < -0.4 is 16.0 Å². The fraction of sp³-hybridized carbons (Fsp3) is 0.250. The molecule has 3 amide bonds. The first-order valence-electron chi connectivity index (χ1n) is 8.52. The van der Waals surface area contributed by atoms with Crippen molar-refractivity contribution in [3.05, 3.63) is 65.7 Å². The molecule has 1 heterocycles. The Hall–Kier alpha value is -3.15. The molecule has 0 saturated heterocycles. The summed E-state index contributed by atoms with van der Waals surface area (Å²) in [5.74, 6) is -1.01. The number of hydrogen-bond acceptors (Lipinski definition) is 3. The van der Waals surface area contributed by atoms with Crippen LogP contribution in [0.25, 0.3) is 0 Å². The maximum absolute atomic E-state index is 12.8. The SMILES string of the molecule is CC(CC(=O)N1c2ccccc2C[C@H]1C(N)=O)NC(=O)c1ccccc1. The molecule has 6 heteroatoms. The molecular formula is C20H21N3O3. The molecule has 2 aromatic carbocycles. The van der Waals surface area contributed by atoms with Crippen LogP contribution in [-0.2, 0) is 16.0 Å². The van der Waals surface area contributed by atoms with Crippen LogP contribution in [0.5, 0.6) is 0 Å². The summed E-state index contributed by atoms with van der Waals surface area (Å²) in [4.78, 5) is 38.3. The Morgan fingerprint density at radius 3 is 2.46 bits per heavy atom. The van der Waals surface area contributed by atoms with Crippen LogP contribution in [0.4, 0.5) is 5.69 Å². The Kier molecular flexibility index (Phi) is 5.02. The fourth-order valence-corrected chi connectivity index (χ4v) is 3.23. The number of primary amides is 1. The minimum absolute atomic E-state index is 0.0800. The molecule has 0 bridgehead atoms. The van der Waals surface area contributed by atoms with Crippen molar-refractivity contribution in [2.75, 3.05) is 4.90 Å². The van der Waals surface area contributed by atoms with E-state index in [2.05, 4.69) is 5.32 Å². The van der Waals surface area contributed by atoms with Gasteiger partial charge in [-0.2, -0.15) is 0 Å². The molecule has 0 fully saturated rings. The number of nitrogens with zero attached hydrogens (tertiary/aromatic N) is 1. The lowest BCUT2D eigenvalue weighted by atomic mass is 10.1. The zero-order valence-corrected chi connectivity index (χ0v) is 14.5. The molecule has 1 aliphatic heterocycles. The van der Waals surface area contributed by atoms with Crippen LogP contribution in [0, 0.1) is 0 Å². The summed E-state index contributed by atoms with van der Waals surface area (Å²) in [6, 6.07) is 15.1. The lowest BCUT2D eigenvalue weighted by Gasteiger charge is -2.25. The van der Waals surface area contributed by atoms with E-state index in [4.69, 9.17) is 5.73 Å². The third kappa shape index (κ3) is 3.59. The Morgan fingerprint density at radius 2 is 1.77 bits per heavy atom. The van der Waals surface area contributed by atoms with Crippen LogP contribution in [0.1, 0.15) is 29.3 Å². The maximum Gasteiger partial charge on any atom is 0.251 e. The van der Waals surface area contributed by atoms with Crippen molar-refractivity contribution in [1.82, 2.24) is 5.32 Å². The molecule has 1 aliphatic rings. The second-order valence-electron chi connectivity index (χ2n) is 6.46. The van der Waals surface area contributed by atoms with Crippen LogP contribution in [-0.4, -0.2) is 29.8 Å². The number of carbonyl (C=O) groups excluding carboxylic acids is 3. The number of rotatable bonds is 5. The third-order valence-electron chi connectivity index (χ3n) is 4.47. The normalized spacial score (nSPS) is 16.7. The van der Waals surface area contributed by atoms with Gasteiger partial charge in [0.05, 0.1) is 0 Å². The van der Waals surface area contributed by atoms with Gasteiger partial charge >= 0.3 is 0 Å². The van der Waals surface area contributed by atoms with Gasteiger partial charge in [-0.25, -0.2) is 0 Å². The quantitative estimate of drug-likeness (QED) is 0.858. The van der Waals surface area contributed by atoms with Gasteiger partial charge in [-0.05, 0) is 30.7 Å². The molecule has 6 nitrogen and oxygen atoms in total. The fourth-order valence-electron chi connectivity index (χ4n) is 3.23. The van der Waals surface area contributed by atoms with E-state index in [1.807, 2.05) is 30.3 Å². The Labute approximate surface area is 152 Å². The highest BCUT2D eigenvalue weighted by molar-refractivity contribution is 6.03. The van der Waals surface area contributed by atoms with E-state index < -0.39 is 11.9 Å². The zero-order chi connectivity index (χ0) is 18.7. The van der Waals surface area contributed by atoms with Gasteiger partial charge in [0, 0.05) is 30.1 Å². The summed E-state index contributed by atoms with van der Waals surface area (Å²) in [7, 11) is 0. The van der Waals surface area contributed by atoms with Gasteiger partial charge in [-0.1, -0.05) is 36.4 Å². The summed E-state index contributed by atoms with van der Waals surface area (Å²) in [5.41, 5.74) is 7.66. The summed E-state index contributed by atoms with van der Waals surface area (Å²) in [6.45, 7) is 1.76. The molecule has 2 atom stereocenters. The van der Waals surface area contributed by atoms with Crippen molar-refractivity contribution < 1.29 is 14.4 Å². The first kappa shape index (κ1) is 17.7. The topological polar surface area (TPSA) is 92.5 Å². The smallest absolute Gasteiger partial charge is 0.251 e. The first-order chi connectivity index (χ1) is 12.5. The van der Waals surface area contributed by atoms with Crippen LogP contribution in [0.15, 0.2) is 54.6 Å². The summed E-state index contributed by atoms with van der Waals surface area (Å²) in [5, 5.41) is 2.82. The van der Waals surface area contributed by atoms with Crippen LogP contribution in [0.2, 0.25) is 0 Å². The van der Waals surface area contributed by atoms with E-state index in [9.17, 15) is 14.4 Å². The monoisotopic (exact) mass is 351 g/mol. The number of nitrogens with two attached hydrogens (primary N) is 1. The maximum atomic E-state index is 12.8. The number of nitrogens with one attached hydrogen (secondary N) is 1. The molecule has 26 heavy (non-hydrogen) atoms. The van der Waals surface area contributed by atoms with Gasteiger partial charge in [0.1, 0.15) is 6.04 Å². The van der Waals surface area contributed by atoms with Gasteiger partial charge in [0.2, 0.25) is 11.8 Å². The van der Waals surface area contributed by atoms with Crippen molar-refractivity contribution in [3.63, 3.8) is 0 Å². The lowest BCUT2D eigenvalue weighted by molar-refractivity contribution is -0.124. The molecular weight excluding hydrogens is 330 g/mol. The number of carbonyl (C=O) groups is 3. The summed E-state index contributed by atoms with van der Waals surface area (Å²) in [6.07, 6.45) is 0.499. The van der Waals surface area contributed by atoms with Crippen LogP contribution >= 0.6 is 0 Å². The van der Waals surface area contributed by atoms with Gasteiger partial charge in [0.15, 0.2) is 0 Å². The Bertz CT molecular complexity index is 835. The van der Waals surface area contributed by atoms with E-state index in [0.29, 0.717) is 17.7 Å². The van der Waals surface area contributed by atoms with Crippen molar-refractivity contribution >= 4 is 23.4 Å². The average Bonchev–Trinajstić information content (AvgIpc) is 3.02. The minimum atomic E-state index is -0.683. The number of amides is 3. The molecule has 0 aliphatic carbocycles. The van der Waals surface area contributed by atoms with Crippen molar-refractivity contribution in [2.45, 2.75) is 31.8 Å². The van der Waals surface area contributed by atoms with E-state index in [-0.39, 0.29) is 24.3 Å². The van der Waals surface area contributed by atoms with E-state index in [1.54, 1.807) is 31.2 Å². The predicted octanol–water partition coefficient (Wildman–Crippen LogP) is 1.64. The van der Waals surface area contributed by atoms with Gasteiger partial charge in [0.25, 0.3) is 5.91 Å². The van der Waals surface area contributed by atoms with Crippen molar-refractivity contribution in [2.24, 2.45) is 5.73 Å². The number of hydrogen-bond donors (Lipinski definition) is 2. The highest BCUT2D eigenvalue weighted by atomic mass is 16.2. The number of anilines is 1. The summed E-state index contributed by atoms with van der Waals surface area (Å²) < 4.78 is 0. The molecule has 2 aromatic rings. The highest BCUT2D eigenvalue weighted by Crippen LogP contribution is 2.32. The number of para-hydroxylation sites is 1. The standard InChI is InChI=1S/C20H21N3O3/c1-13(22-20(26)14-7-3-2-4-8-14)11-18(24)23-16-10-6-5-9-15(16)12-17(23)19(21)25/h2-10,13,17H,11-12H2,1H3,(H2,21,25)(H,22,26)/t13?,17-/m0/s1. The number of benzene rings is 2. The van der Waals surface area contributed by atoms with Gasteiger partial charge < -0.3 is 11.1 Å². The number of fused-ring (bicyclic) bond motifs is 1. The third-order valence-corrected chi connectivity index (χ3v) is 4.47. The molecule has 1 unspecified atom stereocenters. The lowest BCUT2D eigenvalue weighted by Crippen LogP contribution is -2.48. The Morgan fingerprint density at radius 1 is 1.12 bits per heavy atom. The van der Waals surface area contributed by atoms with Crippen molar-refractivity contribution in [3.8, 4) is 0 Å². The van der Waals surface area contributed by atoms with Gasteiger partial charge in [-0.3, -0.25) is 19.3 Å². The van der Waals surface area contributed by atoms with E-state index in [1.165, 1.54) is 4.90 Å². The summed E-state index contributed by atoms with van der Waals surface area (Å²) >= 11 is 0. The molecule has 0 radical (unpaired) electrons. The molecule has 0 saturated carbocycles. The van der Waals surface area contributed by atoms with Gasteiger partial charge in [-0.15, -0.1) is 0 Å². The first-order valence-corrected chi connectivity index (χ1v) is 8.52. The molecule has 0 spiro atoms. The average molecular weight is 351 g/mol. The molecule has 134 valence electrons. The van der Waals surface area contributed by atoms with Crippen LogP contribution in [0.3, 0.4) is 0 Å². The largest absolute Gasteiger partial charge is 0.368 e. The van der Waals surface area contributed by atoms with Crippen molar-refractivity contribution in [1.29, 1.82) is 0 Å². The minimum Gasteiger partial charge on any atom is -0.368 e.